The Hall–Kier alpha value is -1.52. The van der Waals surface area contributed by atoms with Crippen LogP contribution in [-0.4, -0.2) is 4.98 Å². The van der Waals surface area contributed by atoms with Crippen molar-refractivity contribution in [2.24, 2.45) is 5.73 Å². The zero-order valence-corrected chi connectivity index (χ0v) is 9.46. The van der Waals surface area contributed by atoms with Gasteiger partial charge in [-0.1, -0.05) is 23.7 Å². The molecular weight excluding hydrogens is 246 g/mol. The first kappa shape index (κ1) is 12.0. The van der Waals surface area contributed by atoms with Crippen molar-refractivity contribution in [2.75, 3.05) is 0 Å². The quantitative estimate of drug-likeness (QED) is 0.895. The van der Waals surface area contributed by atoms with Crippen LogP contribution in [0, 0.1) is 11.6 Å². The second-order valence-electron chi connectivity index (χ2n) is 3.52. The molecule has 1 aromatic carbocycles. The van der Waals surface area contributed by atoms with E-state index in [-0.39, 0.29) is 10.6 Å². The SMILES string of the molecule is NC(c1ccncc1F)c1cccc(F)c1Cl. The van der Waals surface area contributed by atoms with Gasteiger partial charge < -0.3 is 5.73 Å². The van der Waals surface area contributed by atoms with E-state index in [1.165, 1.54) is 24.4 Å². The first-order valence-corrected chi connectivity index (χ1v) is 5.28. The van der Waals surface area contributed by atoms with Crippen LogP contribution in [0.5, 0.6) is 0 Å². The summed E-state index contributed by atoms with van der Waals surface area (Å²) in [6.07, 6.45) is 2.48. The fourth-order valence-corrected chi connectivity index (χ4v) is 1.81. The minimum atomic E-state index is -0.818. The molecule has 1 unspecified atom stereocenters. The van der Waals surface area contributed by atoms with Crippen LogP contribution in [-0.2, 0) is 0 Å². The Labute approximate surface area is 102 Å². The van der Waals surface area contributed by atoms with Crippen molar-refractivity contribution in [3.63, 3.8) is 0 Å². The lowest BCUT2D eigenvalue weighted by atomic mass is 10.00. The predicted molar refractivity (Wildman–Crippen MR) is 61.6 cm³/mol. The van der Waals surface area contributed by atoms with E-state index in [1.807, 2.05) is 0 Å². The summed E-state index contributed by atoms with van der Waals surface area (Å²) in [4.78, 5) is 3.62. The van der Waals surface area contributed by atoms with Crippen molar-refractivity contribution in [3.8, 4) is 0 Å². The average molecular weight is 255 g/mol. The molecule has 1 atom stereocenters. The molecule has 2 nitrogen and oxygen atoms in total. The Bertz CT molecular complexity index is 546. The molecule has 0 saturated heterocycles. The molecule has 0 aliphatic carbocycles. The third-order valence-corrected chi connectivity index (χ3v) is 2.85. The molecule has 0 aliphatic rings. The van der Waals surface area contributed by atoms with Gasteiger partial charge in [0.15, 0.2) is 0 Å². The Morgan fingerprint density at radius 1 is 1.12 bits per heavy atom. The number of nitrogens with zero attached hydrogens (tertiary/aromatic N) is 1. The van der Waals surface area contributed by atoms with Gasteiger partial charge in [-0.25, -0.2) is 8.78 Å². The first-order chi connectivity index (χ1) is 8.11. The van der Waals surface area contributed by atoms with E-state index in [2.05, 4.69) is 4.98 Å². The summed E-state index contributed by atoms with van der Waals surface area (Å²) in [7, 11) is 0. The van der Waals surface area contributed by atoms with Crippen molar-refractivity contribution >= 4 is 11.6 Å². The second kappa shape index (κ2) is 4.77. The van der Waals surface area contributed by atoms with Gasteiger partial charge in [0.25, 0.3) is 0 Å². The van der Waals surface area contributed by atoms with Crippen molar-refractivity contribution < 1.29 is 8.78 Å². The van der Waals surface area contributed by atoms with Crippen LogP contribution >= 0.6 is 11.6 Å². The number of nitrogens with two attached hydrogens (primary N) is 1. The van der Waals surface area contributed by atoms with Crippen molar-refractivity contribution in [3.05, 3.63) is 64.4 Å². The van der Waals surface area contributed by atoms with E-state index >= 15 is 0 Å². The van der Waals surface area contributed by atoms with E-state index < -0.39 is 17.7 Å². The van der Waals surface area contributed by atoms with Crippen LogP contribution in [0.15, 0.2) is 36.7 Å². The molecule has 1 heterocycles. The van der Waals surface area contributed by atoms with Crippen LogP contribution in [0.3, 0.4) is 0 Å². The van der Waals surface area contributed by atoms with Gasteiger partial charge in [-0.05, 0) is 17.7 Å². The minimum absolute atomic E-state index is 0.0868. The maximum Gasteiger partial charge on any atom is 0.146 e. The molecule has 2 aromatic rings. The van der Waals surface area contributed by atoms with Crippen LogP contribution in [0.4, 0.5) is 8.78 Å². The maximum absolute atomic E-state index is 13.5. The lowest BCUT2D eigenvalue weighted by Gasteiger charge is -2.14. The van der Waals surface area contributed by atoms with Gasteiger partial charge in [0.1, 0.15) is 11.6 Å². The van der Waals surface area contributed by atoms with Gasteiger partial charge >= 0.3 is 0 Å². The monoisotopic (exact) mass is 254 g/mol. The molecule has 0 saturated carbocycles. The lowest BCUT2D eigenvalue weighted by Crippen LogP contribution is -2.14. The molecular formula is C12H9ClF2N2. The van der Waals surface area contributed by atoms with E-state index in [0.29, 0.717) is 5.56 Å². The molecule has 88 valence electrons. The normalized spacial score (nSPS) is 12.5. The van der Waals surface area contributed by atoms with Crippen molar-refractivity contribution in [1.29, 1.82) is 0 Å². The Kier molecular flexibility index (Phi) is 3.36. The summed E-state index contributed by atoms with van der Waals surface area (Å²) in [5.41, 5.74) is 6.44. The topological polar surface area (TPSA) is 38.9 Å². The van der Waals surface area contributed by atoms with Gasteiger partial charge in [-0.2, -0.15) is 0 Å². The molecule has 0 fully saturated rings. The first-order valence-electron chi connectivity index (χ1n) is 4.90. The standard InChI is InChI=1S/C12H9ClF2N2/c13-11-8(2-1-3-9(11)14)12(16)7-4-5-17-6-10(7)15/h1-6,12H,16H2. The van der Waals surface area contributed by atoms with Gasteiger partial charge in [0, 0.05) is 11.8 Å². The number of benzene rings is 1. The minimum Gasteiger partial charge on any atom is -0.320 e. The highest BCUT2D eigenvalue weighted by Crippen LogP contribution is 2.29. The third kappa shape index (κ3) is 2.28. The Morgan fingerprint density at radius 2 is 1.88 bits per heavy atom. The summed E-state index contributed by atoms with van der Waals surface area (Å²) in [6.45, 7) is 0. The molecule has 2 rings (SSSR count). The van der Waals surface area contributed by atoms with E-state index in [9.17, 15) is 8.78 Å². The molecule has 2 N–H and O–H groups in total. The summed E-state index contributed by atoms with van der Waals surface area (Å²) in [5, 5.41) is -0.0868. The predicted octanol–water partition coefficient (Wildman–Crippen LogP) is 3.06. The molecule has 0 amide bonds. The maximum atomic E-state index is 13.5. The zero-order chi connectivity index (χ0) is 12.4. The largest absolute Gasteiger partial charge is 0.320 e. The van der Waals surface area contributed by atoms with Gasteiger partial charge in [-0.3, -0.25) is 4.98 Å². The number of hydrogen-bond donors (Lipinski definition) is 1. The fourth-order valence-electron chi connectivity index (χ4n) is 1.57. The molecule has 0 radical (unpaired) electrons. The number of hydrogen-bond acceptors (Lipinski definition) is 2. The molecule has 1 aromatic heterocycles. The van der Waals surface area contributed by atoms with Crippen molar-refractivity contribution in [1.82, 2.24) is 4.98 Å². The molecule has 0 aliphatic heterocycles. The number of pyridine rings is 1. The van der Waals surface area contributed by atoms with Gasteiger partial charge in [-0.15, -0.1) is 0 Å². The lowest BCUT2D eigenvalue weighted by molar-refractivity contribution is 0.590. The average Bonchev–Trinajstić information content (AvgIpc) is 2.32. The van der Waals surface area contributed by atoms with Gasteiger partial charge in [0.05, 0.1) is 17.3 Å². The summed E-state index contributed by atoms with van der Waals surface area (Å²) in [5.74, 6) is -1.12. The molecule has 0 bridgehead atoms. The fraction of sp³-hybridized carbons (Fsp3) is 0.0833. The summed E-state index contributed by atoms with van der Waals surface area (Å²) >= 11 is 5.80. The van der Waals surface area contributed by atoms with Crippen LogP contribution in [0.2, 0.25) is 5.02 Å². The highest BCUT2D eigenvalue weighted by molar-refractivity contribution is 6.31. The zero-order valence-electron chi connectivity index (χ0n) is 8.70. The summed E-state index contributed by atoms with van der Waals surface area (Å²) < 4.78 is 26.7. The number of halogens is 3. The second-order valence-corrected chi connectivity index (χ2v) is 3.90. The number of rotatable bonds is 2. The molecule has 17 heavy (non-hydrogen) atoms. The van der Waals surface area contributed by atoms with Crippen LogP contribution < -0.4 is 5.73 Å². The smallest absolute Gasteiger partial charge is 0.146 e. The highest BCUT2D eigenvalue weighted by Gasteiger charge is 2.17. The Morgan fingerprint density at radius 3 is 2.59 bits per heavy atom. The van der Waals surface area contributed by atoms with Crippen LogP contribution in [0.1, 0.15) is 17.2 Å². The highest BCUT2D eigenvalue weighted by atomic mass is 35.5. The summed E-state index contributed by atoms with van der Waals surface area (Å²) in [6, 6.07) is 4.90. The molecule has 0 spiro atoms. The van der Waals surface area contributed by atoms with Crippen molar-refractivity contribution in [2.45, 2.75) is 6.04 Å². The van der Waals surface area contributed by atoms with Gasteiger partial charge in [0.2, 0.25) is 0 Å². The number of aromatic nitrogens is 1. The molecule has 5 heteroatoms. The van der Waals surface area contributed by atoms with E-state index in [4.69, 9.17) is 17.3 Å². The Balaban J connectivity index is 2.48. The van der Waals surface area contributed by atoms with Crippen LogP contribution in [0.25, 0.3) is 0 Å². The van der Waals surface area contributed by atoms with E-state index in [1.54, 1.807) is 6.07 Å². The third-order valence-electron chi connectivity index (χ3n) is 2.46. The van der Waals surface area contributed by atoms with E-state index in [0.717, 1.165) is 6.20 Å².